The van der Waals surface area contributed by atoms with Gasteiger partial charge in [0.2, 0.25) is 5.91 Å². The molecule has 3 heterocycles. The zero-order chi connectivity index (χ0) is 25.6. The molecule has 10 heteroatoms. The number of fused-ring (bicyclic) bond motifs is 1. The topological polar surface area (TPSA) is 130 Å². The Labute approximate surface area is 205 Å². The van der Waals surface area contributed by atoms with Gasteiger partial charge in [0, 0.05) is 30.1 Å². The number of carbonyl (C=O) groups is 4. The highest BCUT2D eigenvalue weighted by Gasteiger charge is 2.34. The molecule has 36 heavy (non-hydrogen) atoms. The van der Waals surface area contributed by atoms with Crippen LogP contribution in [0, 0.1) is 6.92 Å². The van der Waals surface area contributed by atoms with E-state index in [0.717, 1.165) is 16.0 Å². The van der Waals surface area contributed by atoms with E-state index in [4.69, 9.17) is 5.73 Å². The first kappa shape index (κ1) is 22.8. The fourth-order valence-corrected chi connectivity index (χ4v) is 4.15. The zero-order valence-corrected chi connectivity index (χ0v) is 19.6. The lowest BCUT2D eigenvalue weighted by molar-refractivity contribution is -0.116. The van der Waals surface area contributed by atoms with Gasteiger partial charge >= 0.3 is 6.03 Å². The van der Waals surface area contributed by atoms with Gasteiger partial charge in [0.1, 0.15) is 6.54 Å². The number of pyridine rings is 1. The minimum Gasteiger partial charge on any atom is -0.366 e. The number of likely N-dealkylation sites (N-methyl/N-ethyl adjacent to an activating group) is 1. The molecule has 1 aliphatic rings. The number of imide groups is 1. The number of nitrogens with one attached hydrogen (secondary N) is 1. The van der Waals surface area contributed by atoms with Crippen LogP contribution in [0.5, 0.6) is 0 Å². The fraction of sp³-hybridized carbons (Fsp3) is 0.115. The largest absolute Gasteiger partial charge is 0.366 e. The molecule has 0 bridgehead atoms. The Morgan fingerprint density at radius 3 is 2.44 bits per heavy atom. The van der Waals surface area contributed by atoms with Crippen molar-refractivity contribution in [3.05, 3.63) is 83.6 Å². The number of nitrogens with zero attached hydrogens (tertiary/aromatic N) is 4. The van der Waals surface area contributed by atoms with Crippen LogP contribution >= 0.6 is 0 Å². The molecule has 1 aliphatic heterocycles. The number of anilines is 2. The van der Waals surface area contributed by atoms with E-state index in [1.165, 1.54) is 11.0 Å². The Balaban J connectivity index is 1.46. The monoisotopic (exact) mass is 482 g/mol. The van der Waals surface area contributed by atoms with Crippen LogP contribution in [0.1, 0.15) is 26.3 Å². The van der Waals surface area contributed by atoms with Crippen molar-refractivity contribution in [3.63, 3.8) is 0 Å². The van der Waals surface area contributed by atoms with Gasteiger partial charge in [-0.05, 0) is 55.0 Å². The fourth-order valence-electron chi connectivity index (χ4n) is 4.15. The second kappa shape index (κ2) is 8.66. The summed E-state index contributed by atoms with van der Waals surface area (Å²) in [5, 5.41) is 7.43. The Hall–Kier alpha value is -4.99. The maximum Gasteiger partial charge on any atom is 0.331 e. The Morgan fingerprint density at radius 1 is 1.03 bits per heavy atom. The van der Waals surface area contributed by atoms with Gasteiger partial charge in [0.15, 0.2) is 0 Å². The summed E-state index contributed by atoms with van der Waals surface area (Å²) >= 11 is 0. The average Bonchev–Trinajstić information content (AvgIpc) is 3.38. The number of amides is 5. The molecule has 10 nitrogen and oxygen atoms in total. The van der Waals surface area contributed by atoms with Crippen LogP contribution in [0.3, 0.4) is 0 Å². The normalized spacial score (nSPS) is 13.5. The minimum absolute atomic E-state index is 0.0457. The van der Waals surface area contributed by atoms with Gasteiger partial charge in [0.25, 0.3) is 11.8 Å². The van der Waals surface area contributed by atoms with Crippen molar-refractivity contribution in [2.45, 2.75) is 6.92 Å². The molecule has 0 aliphatic carbocycles. The van der Waals surface area contributed by atoms with E-state index in [1.54, 1.807) is 66.2 Å². The number of primary amides is 1. The SMILES string of the molecule is Cc1cc(C(=O)Nc2cccc(C(N)=O)c2)c2cc(-c3ccc(N4C(=O)CN(C)C4=O)cc3)nn2c1. The molecule has 0 spiro atoms. The van der Waals surface area contributed by atoms with Crippen LogP contribution in [0.4, 0.5) is 16.2 Å². The van der Waals surface area contributed by atoms with Crippen LogP contribution in [0.15, 0.2) is 66.9 Å². The number of carbonyl (C=O) groups excluding carboxylic acids is 4. The molecule has 0 radical (unpaired) electrons. The maximum atomic E-state index is 13.1. The summed E-state index contributed by atoms with van der Waals surface area (Å²) < 4.78 is 1.63. The molecular formula is C26H22N6O4. The minimum atomic E-state index is -0.582. The molecular weight excluding hydrogens is 460 g/mol. The van der Waals surface area contributed by atoms with Crippen molar-refractivity contribution in [2.75, 3.05) is 23.8 Å². The molecule has 5 amide bonds. The molecule has 0 unspecified atom stereocenters. The van der Waals surface area contributed by atoms with Crippen molar-refractivity contribution >= 4 is 40.6 Å². The van der Waals surface area contributed by atoms with Gasteiger partial charge in [0.05, 0.1) is 22.5 Å². The quantitative estimate of drug-likeness (QED) is 0.422. The average molecular weight is 483 g/mol. The Morgan fingerprint density at radius 2 is 1.78 bits per heavy atom. The standard InChI is InChI=1S/C26H22N6O4/c1-15-10-20(25(35)28-18-5-3-4-17(11-18)24(27)34)22-12-21(29-31(22)13-15)16-6-8-19(9-7-16)32-23(33)14-30(2)26(32)36/h3-13H,14H2,1-2H3,(H2,27,34)(H,28,35). The second-order valence-corrected chi connectivity index (χ2v) is 8.60. The lowest BCUT2D eigenvalue weighted by Gasteiger charge is -2.14. The third-order valence-electron chi connectivity index (χ3n) is 5.92. The van der Waals surface area contributed by atoms with Gasteiger partial charge in [-0.25, -0.2) is 14.2 Å². The van der Waals surface area contributed by atoms with Crippen LogP contribution in [-0.2, 0) is 4.79 Å². The molecule has 2 aromatic carbocycles. The van der Waals surface area contributed by atoms with Gasteiger partial charge in [-0.1, -0.05) is 18.2 Å². The molecule has 5 rings (SSSR count). The summed E-state index contributed by atoms with van der Waals surface area (Å²) in [5.74, 6) is -1.22. The smallest absolute Gasteiger partial charge is 0.331 e. The summed E-state index contributed by atoms with van der Waals surface area (Å²) in [6.45, 7) is 1.91. The van der Waals surface area contributed by atoms with Crippen LogP contribution < -0.4 is 16.0 Å². The van der Waals surface area contributed by atoms with Gasteiger partial charge < -0.3 is 16.0 Å². The van der Waals surface area contributed by atoms with E-state index in [-0.39, 0.29) is 24.4 Å². The summed E-state index contributed by atoms with van der Waals surface area (Å²) in [7, 11) is 1.58. The highest BCUT2D eigenvalue weighted by molar-refractivity contribution is 6.19. The third kappa shape index (κ3) is 4.05. The highest BCUT2D eigenvalue weighted by Crippen LogP contribution is 2.27. The first-order chi connectivity index (χ1) is 17.2. The maximum absolute atomic E-state index is 13.1. The predicted molar refractivity (Wildman–Crippen MR) is 134 cm³/mol. The first-order valence-corrected chi connectivity index (χ1v) is 11.1. The molecule has 1 saturated heterocycles. The zero-order valence-electron chi connectivity index (χ0n) is 19.6. The molecule has 0 atom stereocenters. The van der Waals surface area contributed by atoms with E-state index >= 15 is 0 Å². The van der Waals surface area contributed by atoms with Crippen molar-refractivity contribution in [2.24, 2.45) is 5.73 Å². The molecule has 1 fully saturated rings. The van der Waals surface area contributed by atoms with Crippen molar-refractivity contribution in [1.29, 1.82) is 0 Å². The Kier molecular flexibility index (Phi) is 5.48. The predicted octanol–water partition coefficient (Wildman–Crippen LogP) is 3.06. The number of rotatable bonds is 5. The molecule has 180 valence electrons. The highest BCUT2D eigenvalue weighted by atomic mass is 16.2. The van der Waals surface area contributed by atoms with E-state index in [1.807, 2.05) is 13.1 Å². The van der Waals surface area contributed by atoms with Crippen LogP contribution in [0.25, 0.3) is 16.8 Å². The number of nitrogens with two attached hydrogens (primary N) is 1. The summed E-state index contributed by atoms with van der Waals surface area (Å²) in [5.41, 5.74) is 9.77. The summed E-state index contributed by atoms with van der Waals surface area (Å²) in [4.78, 5) is 51.5. The number of hydrogen-bond acceptors (Lipinski definition) is 5. The lowest BCUT2D eigenvalue weighted by atomic mass is 10.1. The Bertz CT molecular complexity index is 1560. The van der Waals surface area contributed by atoms with E-state index < -0.39 is 5.91 Å². The summed E-state index contributed by atoms with van der Waals surface area (Å²) in [6.07, 6.45) is 1.81. The summed E-state index contributed by atoms with van der Waals surface area (Å²) in [6, 6.07) is 16.5. The number of aryl methyl sites for hydroxylation is 1. The van der Waals surface area contributed by atoms with Gasteiger partial charge in [-0.3, -0.25) is 14.4 Å². The van der Waals surface area contributed by atoms with E-state index in [0.29, 0.717) is 33.7 Å². The first-order valence-electron chi connectivity index (χ1n) is 11.1. The van der Waals surface area contributed by atoms with E-state index in [2.05, 4.69) is 10.4 Å². The molecule has 3 N–H and O–H groups in total. The second-order valence-electron chi connectivity index (χ2n) is 8.60. The van der Waals surface area contributed by atoms with Crippen LogP contribution in [0.2, 0.25) is 0 Å². The van der Waals surface area contributed by atoms with Crippen molar-refractivity contribution in [1.82, 2.24) is 14.5 Å². The molecule has 4 aromatic rings. The molecule has 2 aromatic heterocycles. The van der Waals surface area contributed by atoms with Crippen molar-refractivity contribution < 1.29 is 19.2 Å². The number of hydrogen-bond donors (Lipinski definition) is 2. The van der Waals surface area contributed by atoms with Crippen LogP contribution in [-0.4, -0.2) is 51.9 Å². The number of urea groups is 1. The molecule has 0 saturated carbocycles. The number of benzene rings is 2. The lowest BCUT2D eigenvalue weighted by Crippen LogP contribution is -2.31. The van der Waals surface area contributed by atoms with Crippen molar-refractivity contribution in [3.8, 4) is 11.3 Å². The van der Waals surface area contributed by atoms with E-state index in [9.17, 15) is 19.2 Å². The van der Waals surface area contributed by atoms with Gasteiger partial charge in [-0.15, -0.1) is 0 Å². The van der Waals surface area contributed by atoms with Gasteiger partial charge in [-0.2, -0.15) is 5.10 Å². The number of aromatic nitrogens is 2. The third-order valence-corrected chi connectivity index (χ3v) is 5.92.